The second kappa shape index (κ2) is 8.03. The normalized spacial score (nSPS) is 14.8. The molecule has 29 heavy (non-hydrogen) atoms. The maximum atomic E-state index is 12.8. The van der Waals surface area contributed by atoms with Crippen LogP contribution in [0.3, 0.4) is 0 Å². The number of rotatable bonds is 4. The summed E-state index contributed by atoms with van der Waals surface area (Å²) < 4.78 is 10.4. The van der Waals surface area contributed by atoms with Crippen LogP contribution in [0, 0.1) is 13.8 Å². The first kappa shape index (κ1) is 19.1. The smallest absolute Gasteiger partial charge is 0.253 e. The summed E-state index contributed by atoms with van der Waals surface area (Å²) in [6, 6.07) is 7.30. The topological polar surface area (TPSA) is 81.4 Å². The quantitative estimate of drug-likeness (QED) is 0.672. The monoisotopic (exact) mass is 392 g/mol. The lowest BCUT2D eigenvalue weighted by atomic mass is 9.93. The van der Waals surface area contributed by atoms with E-state index in [-0.39, 0.29) is 5.91 Å². The number of aromatic nitrogens is 3. The van der Waals surface area contributed by atoms with Crippen LogP contribution >= 0.6 is 0 Å². The maximum Gasteiger partial charge on any atom is 0.253 e. The molecule has 7 nitrogen and oxygen atoms in total. The molecule has 7 heteroatoms. The first-order valence-electron chi connectivity index (χ1n) is 9.75. The summed E-state index contributed by atoms with van der Waals surface area (Å²) in [5, 5.41) is 3.98. The van der Waals surface area contributed by atoms with Gasteiger partial charge in [0, 0.05) is 30.8 Å². The predicted molar refractivity (Wildman–Crippen MR) is 108 cm³/mol. The third-order valence-electron chi connectivity index (χ3n) is 5.48. The minimum absolute atomic E-state index is 0.0437. The van der Waals surface area contributed by atoms with Crippen LogP contribution in [0.15, 0.2) is 41.2 Å². The van der Waals surface area contributed by atoms with Gasteiger partial charge in [-0.05, 0) is 44.9 Å². The Labute approximate surface area is 169 Å². The minimum Gasteiger partial charge on any atom is -0.497 e. The largest absolute Gasteiger partial charge is 0.497 e. The van der Waals surface area contributed by atoms with Gasteiger partial charge in [-0.15, -0.1) is 0 Å². The second-order valence-electron chi connectivity index (χ2n) is 7.32. The van der Waals surface area contributed by atoms with Crippen LogP contribution in [0.25, 0.3) is 11.3 Å². The molecule has 0 unspecified atom stereocenters. The molecule has 1 aliphatic rings. The Bertz CT molecular complexity index is 986. The van der Waals surface area contributed by atoms with Gasteiger partial charge in [0.15, 0.2) is 0 Å². The molecular formula is C22H24N4O3. The average molecular weight is 392 g/mol. The number of piperidine rings is 1. The number of ether oxygens (including phenoxy) is 1. The highest BCUT2D eigenvalue weighted by Gasteiger charge is 2.26. The van der Waals surface area contributed by atoms with Crippen LogP contribution in [0.2, 0.25) is 0 Å². The predicted octanol–water partition coefficient (Wildman–Crippen LogP) is 3.78. The summed E-state index contributed by atoms with van der Waals surface area (Å²) in [7, 11) is 1.60. The van der Waals surface area contributed by atoms with Crippen LogP contribution in [0.1, 0.15) is 46.3 Å². The number of carbonyl (C=O) groups is 1. The number of hydrogen-bond acceptors (Lipinski definition) is 6. The van der Waals surface area contributed by atoms with E-state index in [0.29, 0.717) is 30.3 Å². The number of aryl methyl sites for hydroxylation is 2. The molecule has 150 valence electrons. The van der Waals surface area contributed by atoms with Gasteiger partial charge in [-0.2, -0.15) is 0 Å². The molecule has 0 saturated carbocycles. The van der Waals surface area contributed by atoms with Crippen molar-refractivity contribution in [1.29, 1.82) is 0 Å². The van der Waals surface area contributed by atoms with Crippen molar-refractivity contribution >= 4 is 5.91 Å². The lowest BCUT2D eigenvalue weighted by Gasteiger charge is -2.31. The van der Waals surface area contributed by atoms with Crippen molar-refractivity contribution < 1.29 is 14.1 Å². The first-order chi connectivity index (χ1) is 14.1. The molecule has 2 aromatic heterocycles. The van der Waals surface area contributed by atoms with Gasteiger partial charge in [-0.1, -0.05) is 11.2 Å². The van der Waals surface area contributed by atoms with E-state index < -0.39 is 0 Å². The molecule has 3 heterocycles. The fourth-order valence-corrected chi connectivity index (χ4v) is 3.84. The van der Waals surface area contributed by atoms with E-state index in [1.165, 1.54) is 0 Å². The number of benzene rings is 1. The fraction of sp³-hybridized carbons (Fsp3) is 0.364. The van der Waals surface area contributed by atoms with Crippen LogP contribution in [-0.4, -0.2) is 46.1 Å². The Morgan fingerprint density at radius 3 is 2.59 bits per heavy atom. The number of likely N-dealkylation sites (tertiary alicyclic amines) is 1. The van der Waals surface area contributed by atoms with E-state index in [9.17, 15) is 4.79 Å². The molecule has 3 aromatic rings. The highest BCUT2D eigenvalue weighted by molar-refractivity contribution is 5.94. The third-order valence-corrected chi connectivity index (χ3v) is 5.48. The zero-order chi connectivity index (χ0) is 20.4. The summed E-state index contributed by atoms with van der Waals surface area (Å²) in [6.07, 6.45) is 5.37. The van der Waals surface area contributed by atoms with Crippen LogP contribution in [-0.2, 0) is 0 Å². The fourth-order valence-electron chi connectivity index (χ4n) is 3.84. The molecule has 0 aliphatic carbocycles. The molecule has 1 aliphatic heterocycles. The van der Waals surface area contributed by atoms with Crippen molar-refractivity contribution in [3.05, 3.63) is 59.4 Å². The van der Waals surface area contributed by atoms with Gasteiger partial charge in [-0.25, -0.2) is 0 Å². The molecule has 1 amide bonds. The third kappa shape index (κ3) is 3.85. The maximum absolute atomic E-state index is 12.8. The first-order valence-corrected chi connectivity index (χ1v) is 9.75. The van der Waals surface area contributed by atoms with Crippen LogP contribution < -0.4 is 4.74 Å². The SMILES string of the molecule is COc1cccc(C(=O)N2CCC(c3cnc(-c4c(C)noc4C)cn3)CC2)c1. The summed E-state index contributed by atoms with van der Waals surface area (Å²) in [5.41, 5.74) is 4.12. The molecule has 0 N–H and O–H groups in total. The van der Waals surface area contributed by atoms with E-state index in [1.807, 2.05) is 43.1 Å². The van der Waals surface area contributed by atoms with Crippen molar-refractivity contribution in [2.45, 2.75) is 32.6 Å². The zero-order valence-corrected chi connectivity index (χ0v) is 16.9. The highest BCUT2D eigenvalue weighted by atomic mass is 16.5. The van der Waals surface area contributed by atoms with E-state index >= 15 is 0 Å². The average Bonchev–Trinajstić information content (AvgIpc) is 3.11. The molecule has 0 spiro atoms. The Morgan fingerprint density at radius 2 is 1.97 bits per heavy atom. The summed E-state index contributed by atoms with van der Waals surface area (Å²) >= 11 is 0. The zero-order valence-electron chi connectivity index (χ0n) is 16.9. The Morgan fingerprint density at radius 1 is 1.17 bits per heavy atom. The molecular weight excluding hydrogens is 368 g/mol. The van der Waals surface area contributed by atoms with Gasteiger partial charge in [-0.3, -0.25) is 14.8 Å². The van der Waals surface area contributed by atoms with Crippen molar-refractivity contribution in [3.8, 4) is 17.0 Å². The summed E-state index contributed by atoms with van der Waals surface area (Å²) in [6.45, 7) is 5.18. The highest BCUT2D eigenvalue weighted by Crippen LogP contribution is 2.29. The molecule has 1 fully saturated rings. The van der Waals surface area contributed by atoms with E-state index in [4.69, 9.17) is 9.26 Å². The van der Waals surface area contributed by atoms with Crippen molar-refractivity contribution in [2.24, 2.45) is 0 Å². The van der Waals surface area contributed by atoms with Gasteiger partial charge in [0.1, 0.15) is 11.5 Å². The van der Waals surface area contributed by atoms with Gasteiger partial charge in [0.2, 0.25) is 0 Å². The van der Waals surface area contributed by atoms with Crippen LogP contribution in [0.4, 0.5) is 0 Å². The van der Waals surface area contributed by atoms with E-state index in [2.05, 4.69) is 15.1 Å². The van der Waals surface area contributed by atoms with Crippen LogP contribution in [0.5, 0.6) is 5.75 Å². The molecule has 1 aromatic carbocycles. The van der Waals surface area contributed by atoms with Gasteiger partial charge < -0.3 is 14.2 Å². The summed E-state index contributed by atoms with van der Waals surface area (Å²) in [4.78, 5) is 23.9. The van der Waals surface area contributed by atoms with Gasteiger partial charge in [0.05, 0.1) is 36.0 Å². The van der Waals surface area contributed by atoms with Crippen molar-refractivity contribution in [2.75, 3.05) is 20.2 Å². The van der Waals surface area contributed by atoms with Gasteiger partial charge in [0.25, 0.3) is 5.91 Å². The summed E-state index contributed by atoms with van der Waals surface area (Å²) in [5.74, 6) is 1.78. The lowest BCUT2D eigenvalue weighted by Crippen LogP contribution is -2.38. The molecule has 1 saturated heterocycles. The Balaban J connectivity index is 1.41. The molecule has 0 radical (unpaired) electrons. The Hall–Kier alpha value is -3.22. The number of hydrogen-bond donors (Lipinski definition) is 0. The molecule has 0 atom stereocenters. The van der Waals surface area contributed by atoms with E-state index in [0.717, 1.165) is 41.2 Å². The minimum atomic E-state index is 0.0437. The lowest BCUT2D eigenvalue weighted by molar-refractivity contribution is 0.0711. The Kier molecular flexibility index (Phi) is 5.29. The number of carbonyl (C=O) groups excluding carboxylic acids is 1. The second-order valence-corrected chi connectivity index (χ2v) is 7.32. The van der Waals surface area contributed by atoms with Gasteiger partial charge >= 0.3 is 0 Å². The molecule has 0 bridgehead atoms. The van der Waals surface area contributed by atoms with Crippen molar-refractivity contribution in [1.82, 2.24) is 20.0 Å². The standard InChI is InChI=1S/C22H24N4O3/c1-14-21(15(2)29-25-14)20-13-23-19(12-24-20)16-7-9-26(10-8-16)22(27)17-5-4-6-18(11-17)28-3/h4-6,11-13,16H,7-10H2,1-3H3. The number of amides is 1. The van der Waals surface area contributed by atoms with Crippen molar-refractivity contribution in [3.63, 3.8) is 0 Å². The van der Waals surface area contributed by atoms with E-state index in [1.54, 1.807) is 19.4 Å². The number of nitrogens with zero attached hydrogens (tertiary/aromatic N) is 4. The number of methoxy groups -OCH3 is 1. The molecule has 4 rings (SSSR count).